The van der Waals surface area contributed by atoms with Crippen molar-refractivity contribution in [3.8, 4) is 23.7 Å². The second-order valence-electron chi connectivity index (χ2n) is 4.66. The third-order valence-electron chi connectivity index (χ3n) is 2.05. The largest absolute Gasteiger partial charge is 0.204 e. The lowest BCUT2D eigenvalue weighted by Gasteiger charge is -2.00. The number of rotatable bonds is 0. The first-order valence-electron chi connectivity index (χ1n) is 5.92. The molecule has 0 unspecified atom stereocenters. The third-order valence-corrected chi connectivity index (χ3v) is 2.05. The fraction of sp³-hybridized carbons (Fsp3) is 0.375. The van der Waals surface area contributed by atoms with E-state index in [0.29, 0.717) is 11.1 Å². The van der Waals surface area contributed by atoms with Crippen molar-refractivity contribution in [2.24, 2.45) is 11.8 Å². The number of hydrogen-bond donors (Lipinski definition) is 0. The van der Waals surface area contributed by atoms with E-state index in [9.17, 15) is 8.78 Å². The zero-order valence-electron chi connectivity index (χ0n) is 11.1. The molecule has 0 fully saturated rings. The van der Waals surface area contributed by atoms with Crippen molar-refractivity contribution < 1.29 is 8.78 Å². The van der Waals surface area contributed by atoms with Crippen LogP contribution in [-0.4, -0.2) is 0 Å². The quantitative estimate of drug-likeness (QED) is 0.607. The Labute approximate surface area is 107 Å². The van der Waals surface area contributed by atoms with E-state index >= 15 is 0 Å². The summed E-state index contributed by atoms with van der Waals surface area (Å²) < 4.78 is 26.4. The highest BCUT2D eigenvalue weighted by Crippen LogP contribution is 2.14. The van der Waals surface area contributed by atoms with E-state index in [1.165, 1.54) is 0 Å². The van der Waals surface area contributed by atoms with Gasteiger partial charge in [-0.25, -0.2) is 8.78 Å². The summed E-state index contributed by atoms with van der Waals surface area (Å²) in [5.41, 5.74) is 0.881. The van der Waals surface area contributed by atoms with Crippen LogP contribution in [0.15, 0.2) is 12.1 Å². The maximum Gasteiger partial charge on any atom is 0.160 e. The Kier molecular flexibility index (Phi) is 4.93. The van der Waals surface area contributed by atoms with Crippen LogP contribution in [0.2, 0.25) is 0 Å². The van der Waals surface area contributed by atoms with Gasteiger partial charge in [0.2, 0.25) is 0 Å². The van der Waals surface area contributed by atoms with Crippen molar-refractivity contribution in [3.63, 3.8) is 0 Å². The van der Waals surface area contributed by atoms with Crippen LogP contribution in [0.25, 0.3) is 0 Å². The second kappa shape index (κ2) is 6.22. The maximum atomic E-state index is 13.2. The Bertz CT molecular complexity index is 495. The second-order valence-corrected chi connectivity index (χ2v) is 4.66. The van der Waals surface area contributed by atoms with Gasteiger partial charge >= 0.3 is 0 Å². The lowest BCUT2D eigenvalue weighted by Crippen LogP contribution is -1.92. The average molecular weight is 246 g/mol. The zero-order chi connectivity index (χ0) is 13.7. The number of halogens is 2. The third kappa shape index (κ3) is 4.22. The first-order chi connectivity index (χ1) is 8.40. The standard InChI is InChI=1S/C16H16F2/c1-11(2)5-7-13-9-15(17)16(18)10-14(13)8-6-12(3)4/h9-12H,1-4H3. The van der Waals surface area contributed by atoms with E-state index in [2.05, 4.69) is 23.7 Å². The maximum absolute atomic E-state index is 13.2. The minimum Gasteiger partial charge on any atom is -0.204 e. The molecule has 1 rings (SSSR count). The summed E-state index contributed by atoms with van der Waals surface area (Å²) >= 11 is 0. The molecular formula is C16H16F2. The minimum absolute atomic E-state index is 0.170. The summed E-state index contributed by atoms with van der Waals surface area (Å²) in [4.78, 5) is 0. The molecule has 0 aliphatic carbocycles. The molecule has 0 aliphatic heterocycles. The highest BCUT2D eigenvalue weighted by Gasteiger charge is 2.07. The molecule has 0 heterocycles. The van der Waals surface area contributed by atoms with Crippen molar-refractivity contribution in [1.82, 2.24) is 0 Å². The van der Waals surface area contributed by atoms with Crippen LogP contribution >= 0.6 is 0 Å². The van der Waals surface area contributed by atoms with Crippen molar-refractivity contribution in [3.05, 3.63) is 34.9 Å². The van der Waals surface area contributed by atoms with Gasteiger partial charge in [0.25, 0.3) is 0 Å². The molecular weight excluding hydrogens is 230 g/mol. The smallest absolute Gasteiger partial charge is 0.160 e. The van der Waals surface area contributed by atoms with Gasteiger partial charge in [0.15, 0.2) is 11.6 Å². The SMILES string of the molecule is CC(C)C#Cc1cc(F)c(F)cc1C#CC(C)C. The van der Waals surface area contributed by atoms with Crippen LogP contribution in [0, 0.1) is 47.2 Å². The Morgan fingerprint density at radius 2 is 1.11 bits per heavy atom. The molecule has 0 atom stereocenters. The predicted molar refractivity (Wildman–Crippen MR) is 69.8 cm³/mol. The highest BCUT2D eigenvalue weighted by atomic mass is 19.2. The van der Waals surface area contributed by atoms with Crippen molar-refractivity contribution in [2.75, 3.05) is 0 Å². The molecule has 94 valence electrons. The Hall–Kier alpha value is -1.80. The molecule has 0 aliphatic rings. The summed E-state index contributed by atoms with van der Waals surface area (Å²) in [7, 11) is 0. The predicted octanol–water partition coefficient (Wildman–Crippen LogP) is 3.98. The van der Waals surface area contributed by atoms with Crippen LogP contribution in [-0.2, 0) is 0 Å². The van der Waals surface area contributed by atoms with Crippen molar-refractivity contribution >= 4 is 0 Å². The van der Waals surface area contributed by atoms with Gasteiger partial charge < -0.3 is 0 Å². The van der Waals surface area contributed by atoms with Gasteiger partial charge in [0.05, 0.1) is 0 Å². The Balaban J connectivity index is 3.28. The molecule has 0 bridgehead atoms. The summed E-state index contributed by atoms with van der Waals surface area (Å²) in [5.74, 6) is 10.1. The van der Waals surface area contributed by atoms with Gasteiger partial charge in [-0.1, -0.05) is 51.4 Å². The molecule has 0 radical (unpaired) electrons. The monoisotopic (exact) mass is 246 g/mol. The summed E-state index contributed by atoms with van der Waals surface area (Å²) in [6.07, 6.45) is 0. The molecule has 0 aromatic heterocycles. The van der Waals surface area contributed by atoms with Gasteiger partial charge in [-0.3, -0.25) is 0 Å². The summed E-state index contributed by atoms with van der Waals surface area (Å²) in [5, 5.41) is 0. The number of benzene rings is 1. The fourth-order valence-electron chi connectivity index (χ4n) is 1.20. The molecule has 1 aromatic carbocycles. The molecule has 0 amide bonds. The first-order valence-corrected chi connectivity index (χ1v) is 5.92. The van der Waals surface area contributed by atoms with E-state index < -0.39 is 11.6 Å². The molecule has 0 N–H and O–H groups in total. The molecule has 1 aromatic rings. The lowest BCUT2D eigenvalue weighted by molar-refractivity contribution is 0.508. The van der Waals surface area contributed by atoms with Crippen LogP contribution in [0.3, 0.4) is 0 Å². The molecule has 0 saturated carbocycles. The van der Waals surface area contributed by atoms with Crippen LogP contribution in [0.1, 0.15) is 38.8 Å². The van der Waals surface area contributed by atoms with Crippen LogP contribution in [0.5, 0.6) is 0 Å². The van der Waals surface area contributed by atoms with E-state index in [1.54, 1.807) is 0 Å². The molecule has 18 heavy (non-hydrogen) atoms. The van der Waals surface area contributed by atoms with E-state index in [4.69, 9.17) is 0 Å². The number of hydrogen-bond acceptors (Lipinski definition) is 0. The van der Waals surface area contributed by atoms with Crippen molar-refractivity contribution in [1.29, 1.82) is 0 Å². The lowest BCUT2D eigenvalue weighted by atomic mass is 10.1. The normalized spacial score (nSPS) is 9.78. The van der Waals surface area contributed by atoms with Crippen LogP contribution in [0.4, 0.5) is 8.78 Å². The summed E-state index contributed by atoms with van der Waals surface area (Å²) in [6.45, 7) is 7.75. The van der Waals surface area contributed by atoms with Gasteiger partial charge in [0, 0.05) is 23.0 Å². The van der Waals surface area contributed by atoms with E-state index in [1.807, 2.05) is 27.7 Å². The van der Waals surface area contributed by atoms with Gasteiger partial charge in [0.1, 0.15) is 0 Å². The summed E-state index contributed by atoms with van der Waals surface area (Å²) in [6, 6.07) is 2.21. The molecule has 2 heteroatoms. The minimum atomic E-state index is -0.891. The van der Waals surface area contributed by atoms with E-state index in [-0.39, 0.29) is 11.8 Å². The highest BCUT2D eigenvalue weighted by molar-refractivity contribution is 5.50. The first kappa shape index (κ1) is 14.3. The zero-order valence-corrected chi connectivity index (χ0v) is 11.1. The van der Waals surface area contributed by atoms with Gasteiger partial charge in [-0.2, -0.15) is 0 Å². The van der Waals surface area contributed by atoms with Gasteiger partial charge in [-0.05, 0) is 12.1 Å². The molecule has 0 spiro atoms. The van der Waals surface area contributed by atoms with Crippen molar-refractivity contribution in [2.45, 2.75) is 27.7 Å². The van der Waals surface area contributed by atoms with E-state index in [0.717, 1.165) is 12.1 Å². The molecule has 0 nitrogen and oxygen atoms in total. The van der Waals surface area contributed by atoms with Gasteiger partial charge in [-0.15, -0.1) is 0 Å². The topological polar surface area (TPSA) is 0 Å². The Morgan fingerprint density at radius 1 is 0.778 bits per heavy atom. The Morgan fingerprint density at radius 3 is 1.39 bits per heavy atom. The molecule has 0 saturated heterocycles. The average Bonchev–Trinajstić information content (AvgIpc) is 2.28. The fourth-order valence-corrected chi connectivity index (χ4v) is 1.20. The van der Waals surface area contributed by atoms with Crippen LogP contribution < -0.4 is 0 Å².